The zero-order chi connectivity index (χ0) is 69.8. The lowest BCUT2D eigenvalue weighted by Gasteiger charge is -2.42. The van der Waals surface area contributed by atoms with Gasteiger partial charge in [0, 0.05) is 116 Å². The van der Waals surface area contributed by atoms with Gasteiger partial charge < -0.3 is 106 Å². The average molecular weight is 1350 g/mol. The summed E-state index contributed by atoms with van der Waals surface area (Å²) in [6.45, 7) is 12.5. The van der Waals surface area contributed by atoms with Crippen LogP contribution in [0.4, 0.5) is 0 Å². The van der Waals surface area contributed by atoms with Gasteiger partial charge in [0.05, 0.1) is 32.0 Å². The highest BCUT2D eigenvalue weighted by atomic mass is 16.7. The van der Waals surface area contributed by atoms with Crippen LogP contribution in [0.5, 0.6) is 0 Å². The van der Waals surface area contributed by atoms with E-state index in [1.54, 1.807) is 21.0 Å². The second-order valence-corrected chi connectivity index (χ2v) is 26.4. The number of Topliss-reactive ketones (excluding diaryl/α,β-unsaturated/α-hetero) is 1. The third-order valence-corrected chi connectivity index (χ3v) is 17.2. The molecule has 3 heterocycles. The molecule has 27 nitrogen and oxygen atoms in total. The number of aliphatic hydroxyl groups is 9. The molecule has 0 bridgehead atoms. The summed E-state index contributed by atoms with van der Waals surface area (Å²) in [6.07, 6.45) is 0.846. The number of methoxy groups -OCH3 is 1. The number of nitrogens with one attached hydrogen (secondary N) is 5. The maximum absolute atomic E-state index is 13.9. The van der Waals surface area contributed by atoms with E-state index >= 15 is 0 Å². The number of ketones is 1. The molecule has 0 aromatic carbocycles. The van der Waals surface area contributed by atoms with E-state index in [1.165, 1.54) is 6.92 Å². The molecule has 3 fully saturated rings. The highest BCUT2D eigenvalue weighted by molar-refractivity contribution is 5.81. The molecule has 0 saturated carbocycles. The van der Waals surface area contributed by atoms with Gasteiger partial charge in [-0.25, -0.2) is 0 Å². The first kappa shape index (κ1) is 86.5. The standard InChI is InChI=1S/C63H115N5O22.C4H10/c1-42-54(78)56(80)46(39-69)88-60(42)85-36-19-10-5-6-14-23-45(73)26-29-63(68-52(77)25-22-24-49(74)64-32-15-7-11-18-35-84-4,30-27-50(75)65-33-16-8-12-20-37-86-61-43(2)55(79)57(81)47(40-70)89-61)31-28-51(76)66-34-17-9-13-21-38-87-62-53(67-44(3)72)59(83)58(82)48(41-71)90-62;1-4(2)3/h42-43,46-48,53-62,69-71,78-83H,5-41H2,1-4H3,(H,64,74)(H,65,75)(H,66,76)(H,67,72)(H,68,77);4H,1-3H3/t42?,43?,46?,47?,48?,53?,54-,55-,56+,57+,58+,59-,60-,61-,62-,63?;/m1./s1. The third kappa shape index (κ3) is 35.8. The Balaban J connectivity index is 0.00000729. The number of unbranched alkanes of at least 4 members (excludes halogenated alkanes) is 13. The van der Waals surface area contributed by atoms with Gasteiger partial charge in [-0.15, -0.1) is 0 Å². The Hall–Kier alpha value is -3.62. The van der Waals surface area contributed by atoms with Crippen molar-refractivity contribution in [3.05, 3.63) is 0 Å². The van der Waals surface area contributed by atoms with Crippen molar-refractivity contribution in [1.29, 1.82) is 0 Å². The number of hydrogen-bond donors (Lipinski definition) is 14. The number of amides is 5. The zero-order valence-corrected chi connectivity index (χ0v) is 57.7. The van der Waals surface area contributed by atoms with Crippen LogP contribution >= 0.6 is 0 Å². The summed E-state index contributed by atoms with van der Waals surface area (Å²) >= 11 is 0. The van der Waals surface area contributed by atoms with Gasteiger partial charge in [0.15, 0.2) is 18.9 Å². The summed E-state index contributed by atoms with van der Waals surface area (Å²) in [5.41, 5.74) is -1.14. The van der Waals surface area contributed by atoms with Crippen LogP contribution in [0.15, 0.2) is 0 Å². The van der Waals surface area contributed by atoms with E-state index in [2.05, 4.69) is 47.4 Å². The second kappa shape index (κ2) is 50.7. The van der Waals surface area contributed by atoms with Gasteiger partial charge in [-0.1, -0.05) is 92.4 Å². The molecule has 7 unspecified atom stereocenters. The monoisotopic (exact) mass is 1350 g/mol. The van der Waals surface area contributed by atoms with Crippen LogP contribution in [-0.4, -0.2) is 240 Å². The third-order valence-electron chi connectivity index (χ3n) is 17.2. The van der Waals surface area contributed by atoms with Crippen LogP contribution in [0.1, 0.15) is 215 Å². The van der Waals surface area contributed by atoms with Crippen molar-refractivity contribution in [3.63, 3.8) is 0 Å². The summed E-state index contributed by atoms with van der Waals surface area (Å²) in [4.78, 5) is 79.3. The normalized spacial score (nSPS) is 26.8. The fraction of sp³-hybridized carbons (Fsp3) is 0.910. The fourth-order valence-corrected chi connectivity index (χ4v) is 11.4. The smallest absolute Gasteiger partial charge is 0.220 e. The van der Waals surface area contributed by atoms with Crippen molar-refractivity contribution < 1.29 is 108 Å². The fourth-order valence-electron chi connectivity index (χ4n) is 11.4. The van der Waals surface area contributed by atoms with Crippen LogP contribution in [-0.2, 0) is 61.9 Å². The summed E-state index contributed by atoms with van der Waals surface area (Å²) in [6, 6.07) is -1.05. The van der Waals surface area contributed by atoms with Crippen LogP contribution in [0.3, 0.4) is 0 Å². The molecular formula is C67H125N5O22. The van der Waals surface area contributed by atoms with Crippen LogP contribution < -0.4 is 26.6 Å². The summed E-state index contributed by atoms with van der Waals surface area (Å²) in [5.74, 6) is -1.74. The van der Waals surface area contributed by atoms with Crippen molar-refractivity contribution >= 4 is 35.3 Å². The topological polar surface area (TPSA) is 409 Å². The quantitative estimate of drug-likeness (QED) is 0.0389. The molecule has 0 radical (unpaired) electrons. The SMILES string of the molecule is CC(C)C.COCCCCCCNC(=O)CCCC(=O)NC(CCC(=O)CCCCCCCO[C@@H]1OC(CO)[C@H](O)[C@H](O)C1C)(CCC(=O)NCCCCCCO[C@@H]1OC(CO)[C@H](O)[C@H](O)C1C)CCC(=O)NCCCCCCO[C@@H]1OC(CO)[C@H](O)[C@H](O)C1NC(C)=O. The minimum atomic E-state index is -1.43. The molecule has 27 heteroatoms. The Morgan fingerprint density at radius 1 is 0.426 bits per heavy atom. The lowest BCUT2D eigenvalue weighted by Crippen LogP contribution is -2.64. The summed E-state index contributed by atoms with van der Waals surface area (Å²) in [7, 11) is 1.66. The molecule has 3 saturated heterocycles. The van der Waals surface area contributed by atoms with E-state index in [0.717, 1.165) is 63.7 Å². The zero-order valence-electron chi connectivity index (χ0n) is 57.7. The Kier molecular flexibility index (Phi) is 46.6. The number of carbonyl (C=O) groups is 6. The molecule has 550 valence electrons. The molecule has 14 N–H and O–H groups in total. The maximum Gasteiger partial charge on any atom is 0.220 e. The van der Waals surface area contributed by atoms with Gasteiger partial charge in [-0.3, -0.25) is 28.8 Å². The van der Waals surface area contributed by atoms with Crippen molar-refractivity contribution in [2.75, 3.05) is 73.0 Å². The predicted molar refractivity (Wildman–Crippen MR) is 349 cm³/mol. The van der Waals surface area contributed by atoms with Crippen molar-refractivity contribution in [1.82, 2.24) is 26.6 Å². The number of ether oxygens (including phenoxy) is 7. The molecule has 0 aromatic rings. The molecular weight excluding hydrogens is 1230 g/mol. The molecule has 0 spiro atoms. The number of rotatable bonds is 50. The Morgan fingerprint density at radius 2 is 0.777 bits per heavy atom. The van der Waals surface area contributed by atoms with Crippen molar-refractivity contribution in [2.45, 2.75) is 300 Å². The second-order valence-electron chi connectivity index (χ2n) is 26.4. The van der Waals surface area contributed by atoms with Crippen LogP contribution in [0, 0.1) is 17.8 Å². The molecule has 3 aliphatic heterocycles. The van der Waals surface area contributed by atoms with E-state index in [1.807, 2.05) is 0 Å². The Labute approximate surface area is 558 Å². The van der Waals surface area contributed by atoms with Gasteiger partial charge in [0.1, 0.15) is 54.6 Å². The maximum atomic E-state index is 13.9. The van der Waals surface area contributed by atoms with Crippen molar-refractivity contribution in [2.24, 2.45) is 17.8 Å². The lowest BCUT2D eigenvalue weighted by molar-refractivity contribution is -0.282. The Morgan fingerprint density at radius 3 is 1.20 bits per heavy atom. The number of aliphatic hydroxyl groups excluding tert-OH is 9. The van der Waals surface area contributed by atoms with Gasteiger partial charge in [0.2, 0.25) is 29.5 Å². The van der Waals surface area contributed by atoms with Gasteiger partial charge in [-0.2, -0.15) is 0 Å². The lowest BCUT2D eigenvalue weighted by atomic mass is 9.82. The Bertz CT molecular complexity index is 1980. The minimum Gasteiger partial charge on any atom is -0.394 e. The molecule has 3 rings (SSSR count). The minimum absolute atomic E-state index is 0.000598. The van der Waals surface area contributed by atoms with E-state index in [4.69, 9.17) is 33.2 Å². The van der Waals surface area contributed by atoms with Gasteiger partial charge >= 0.3 is 0 Å². The highest BCUT2D eigenvalue weighted by Gasteiger charge is 2.46. The molecule has 3 aliphatic rings. The summed E-state index contributed by atoms with van der Waals surface area (Å²) in [5, 5.41) is 105. The molecule has 5 amide bonds. The predicted octanol–water partition coefficient (Wildman–Crippen LogP) is 2.74. The van der Waals surface area contributed by atoms with Crippen LogP contribution in [0.25, 0.3) is 0 Å². The molecule has 0 aromatic heterocycles. The first-order chi connectivity index (χ1) is 44.9. The first-order valence-electron chi connectivity index (χ1n) is 35.0. The van der Waals surface area contributed by atoms with Crippen molar-refractivity contribution in [3.8, 4) is 0 Å². The largest absolute Gasteiger partial charge is 0.394 e. The molecule has 94 heavy (non-hydrogen) atoms. The van der Waals surface area contributed by atoms with Gasteiger partial charge in [0.25, 0.3) is 0 Å². The van der Waals surface area contributed by atoms with E-state index in [-0.39, 0.29) is 100 Å². The number of carbonyl (C=O) groups excluding carboxylic acids is 6. The number of hydrogen-bond acceptors (Lipinski definition) is 22. The van der Waals surface area contributed by atoms with Crippen LogP contribution in [0.2, 0.25) is 0 Å². The molecule has 16 atom stereocenters. The van der Waals surface area contributed by atoms with E-state index in [9.17, 15) is 74.7 Å². The molecule has 0 aliphatic carbocycles. The highest BCUT2D eigenvalue weighted by Crippen LogP contribution is 2.31. The van der Waals surface area contributed by atoms with E-state index in [0.29, 0.717) is 90.8 Å². The first-order valence-corrected chi connectivity index (χ1v) is 35.0. The van der Waals surface area contributed by atoms with Gasteiger partial charge in [-0.05, 0) is 83.0 Å². The summed E-state index contributed by atoms with van der Waals surface area (Å²) < 4.78 is 39.5. The van der Waals surface area contributed by atoms with E-state index < -0.39 is 123 Å². The average Bonchev–Trinajstić information content (AvgIpc) is 0.869.